The molecule has 4 aromatic rings. The molecule has 0 saturated carbocycles. The molecule has 0 bridgehead atoms. The molecule has 0 aliphatic carbocycles. The maximum Gasteiger partial charge on any atom is 0.276 e. The van der Waals surface area contributed by atoms with Crippen molar-refractivity contribution in [2.75, 3.05) is 23.3 Å². The summed E-state index contributed by atoms with van der Waals surface area (Å²) in [5.41, 5.74) is 5.31. The average molecular weight is 432 g/mol. The van der Waals surface area contributed by atoms with E-state index in [4.69, 9.17) is 0 Å². The number of piperidine rings is 1. The summed E-state index contributed by atoms with van der Waals surface area (Å²) in [7, 11) is 0. The summed E-state index contributed by atoms with van der Waals surface area (Å²) >= 11 is 0. The topological polar surface area (TPSA) is 123 Å². The van der Waals surface area contributed by atoms with Crippen LogP contribution in [0.3, 0.4) is 0 Å². The fourth-order valence-electron chi connectivity index (χ4n) is 4.06. The molecule has 5 heterocycles. The number of aromatic nitrogens is 5. The quantitative estimate of drug-likeness (QED) is 0.394. The van der Waals surface area contributed by atoms with Crippen LogP contribution in [0, 0.1) is 13.8 Å². The van der Waals surface area contributed by atoms with Gasteiger partial charge in [-0.05, 0) is 51.0 Å². The average Bonchev–Trinajstić information content (AvgIpc) is 3.37. The Morgan fingerprint density at radius 2 is 2.12 bits per heavy atom. The number of fused-ring (bicyclic) bond motifs is 1. The minimum Gasteiger partial charge on any atom is -0.391 e. The van der Waals surface area contributed by atoms with Crippen molar-refractivity contribution in [3.63, 3.8) is 0 Å². The number of hydrogen-bond acceptors (Lipinski definition) is 6. The number of aryl methyl sites for hydroxylation is 1. The SMILES string of the molecule is Cc1[nH]nc(C(=O)Nc2cnc3[nH]c(-c4ccnc(N5CCCC(O)C5)c4)cc3c2)c1C. The highest BCUT2D eigenvalue weighted by molar-refractivity contribution is 6.04. The van der Waals surface area contributed by atoms with Crippen molar-refractivity contribution >= 4 is 28.4 Å². The smallest absolute Gasteiger partial charge is 0.276 e. The number of carbonyl (C=O) groups excluding carboxylic acids is 1. The van der Waals surface area contributed by atoms with Crippen molar-refractivity contribution < 1.29 is 9.90 Å². The van der Waals surface area contributed by atoms with Crippen LogP contribution in [0.2, 0.25) is 0 Å². The van der Waals surface area contributed by atoms with Crippen LogP contribution in [-0.2, 0) is 0 Å². The van der Waals surface area contributed by atoms with E-state index in [0.29, 0.717) is 17.9 Å². The van der Waals surface area contributed by atoms with Gasteiger partial charge in [-0.3, -0.25) is 9.89 Å². The van der Waals surface area contributed by atoms with Crippen LogP contribution in [0.5, 0.6) is 0 Å². The molecule has 1 fully saturated rings. The number of carbonyl (C=O) groups is 1. The summed E-state index contributed by atoms with van der Waals surface area (Å²) in [6.07, 6.45) is 4.89. The Bertz CT molecular complexity index is 1290. The predicted molar refractivity (Wildman–Crippen MR) is 123 cm³/mol. The van der Waals surface area contributed by atoms with Crippen LogP contribution >= 0.6 is 0 Å². The number of anilines is 2. The molecule has 1 unspecified atom stereocenters. The number of aliphatic hydroxyl groups is 1. The van der Waals surface area contributed by atoms with Crippen molar-refractivity contribution in [1.29, 1.82) is 0 Å². The van der Waals surface area contributed by atoms with Crippen LogP contribution in [0.25, 0.3) is 22.3 Å². The molecule has 9 heteroatoms. The fourth-order valence-corrected chi connectivity index (χ4v) is 4.06. The van der Waals surface area contributed by atoms with E-state index >= 15 is 0 Å². The summed E-state index contributed by atoms with van der Waals surface area (Å²) in [5, 5.41) is 20.7. The van der Waals surface area contributed by atoms with Crippen molar-refractivity contribution in [1.82, 2.24) is 25.1 Å². The van der Waals surface area contributed by atoms with Gasteiger partial charge in [0.05, 0.1) is 18.0 Å². The molecule has 0 aromatic carbocycles. The molecule has 1 saturated heterocycles. The van der Waals surface area contributed by atoms with E-state index in [1.54, 1.807) is 12.4 Å². The Hall–Kier alpha value is -3.72. The van der Waals surface area contributed by atoms with Gasteiger partial charge >= 0.3 is 0 Å². The van der Waals surface area contributed by atoms with Gasteiger partial charge in [-0.2, -0.15) is 5.10 Å². The van der Waals surface area contributed by atoms with Crippen molar-refractivity contribution in [2.24, 2.45) is 0 Å². The summed E-state index contributed by atoms with van der Waals surface area (Å²) in [6.45, 7) is 5.23. The van der Waals surface area contributed by atoms with E-state index in [1.165, 1.54) is 0 Å². The van der Waals surface area contributed by atoms with Crippen LogP contribution in [0.1, 0.15) is 34.6 Å². The molecule has 0 spiro atoms. The number of amides is 1. The van der Waals surface area contributed by atoms with Gasteiger partial charge < -0.3 is 20.3 Å². The third-order valence-electron chi connectivity index (χ3n) is 5.97. The zero-order valence-electron chi connectivity index (χ0n) is 18.0. The third-order valence-corrected chi connectivity index (χ3v) is 5.97. The first-order valence-corrected chi connectivity index (χ1v) is 10.7. The highest BCUT2D eigenvalue weighted by Crippen LogP contribution is 2.28. The minimum atomic E-state index is -0.311. The first-order chi connectivity index (χ1) is 15.5. The highest BCUT2D eigenvalue weighted by Gasteiger charge is 2.19. The largest absolute Gasteiger partial charge is 0.391 e. The fraction of sp³-hybridized carbons (Fsp3) is 0.304. The van der Waals surface area contributed by atoms with Gasteiger partial charge in [-0.15, -0.1) is 0 Å². The van der Waals surface area contributed by atoms with Crippen LogP contribution < -0.4 is 10.2 Å². The van der Waals surface area contributed by atoms with Crippen molar-refractivity contribution in [3.05, 3.63) is 53.6 Å². The molecule has 1 atom stereocenters. The van der Waals surface area contributed by atoms with Crippen LogP contribution in [0.15, 0.2) is 36.7 Å². The van der Waals surface area contributed by atoms with Gasteiger partial charge in [0.2, 0.25) is 0 Å². The number of hydrogen-bond donors (Lipinski definition) is 4. The second kappa shape index (κ2) is 8.08. The van der Waals surface area contributed by atoms with Crippen molar-refractivity contribution in [2.45, 2.75) is 32.8 Å². The third kappa shape index (κ3) is 3.82. The number of H-pyrrole nitrogens is 2. The van der Waals surface area contributed by atoms with Crippen molar-refractivity contribution in [3.8, 4) is 11.3 Å². The Morgan fingerprint density at radius 1 is 1.25 bits per heavy atom. The van der Waals surface area contributed by atoms with Crippen LogP contribution in [-0.4, -0.2) is 55.4 Å². The molecule has 1 aliphatic heterocycles. The lowest BCUT2D eigenvalue weighted by Crippen LogP contribution is -2.38. The normalized spacial score (nSPS) is 16.5. The second-order valence-electron chi connectivity index (χ2n) is 8.27. The van der Waals surface area contributed by atoms with Gasteiger partial charge in [0.25, 0.3) is 5.91 Å². The molecule has 0 radical (unpaired) electrons. The Morgan fingerprint density at radius 3 is 2.91 bits per heavy atom. The second-order valence-corrected chi connectivity index (χ2v) is 8.27. The van der Waals surface area contributed by atoms with E-state index in [9.17, 15) is 9.90 Å². The minimum absolute atomic E-state index is 0.272. The number of aliphatic hydroxyl groups excluding tert-OH is 1. The molecule has 32 heavy (non-hydrogen) atoms. The predicted octanol–water partition coefficient (Wildman–Crippen LogP) is 3.18. The maximum atomic E-state index is 12.6. The number of nitrogens with one attached hydrogen (secondary N) is 3. The van der Waals surface area contributed by atoms with Gasteiger partial charge in [0.15, 0.2) is 5.69 Å². The van der Waals surface area contributed by atoms with E-state index in [1.807, 2.05) is 38.1 Å². The lowest BCUT2D eigenvalue weighted by atomic mass is 10.1. The van der Waals surface area contributed by atoms with E-state index in [0.717, 1.165) is 58.8 Å². The molecule has 164 valence electrons. The summed E-state index contributed by atoms with van der Waals surface area (Å²) < 4.78 is 0. The number of pyridine rings is 2. The molecule has 9 nitrogen and oxygen atoms in total. The first kappa shape index (κ1) is 20.2. The monoisotopic (exact) mass is 431 g/mol. The van der Waals surface area contributed by atoms with E-state index in [2.05, 4.69) is 35.4 Å². The molecular weight excluding hydrogens is 406 g/mol. The van der Waals surface area contributed by atoms with E-state index in [-0.39, 0.29) is 12.0 Å². The lowest BCUT2D eigenvalue weighted by Gasteiger charge is -2.31. The number of β-amino-alcohol motifs (C(OH)–C–C–N with tert-alkyl or cyclic N) is 1. The number of nitrogens with zero attached hydrogens (tertiary/aromatic N) is 4. The van der Waals surface area contributed by atoms with Gasteiger partial charge in [0.1, 0.15) is 11.5 Å². The summed E-state index contributed by atoms with van der Waals surface area (Å²) in [6, 6.07) is 7.86. The van der Waals surface area contributed by atoms with Gasteiger partial charge in [0, 0.05) is 47.2 Å². The lowest BCUT2D eigenvalue weighted by molar-refractivity contribution is 0.102. The van der Waals surface area contributed by atoms with Gasteiger partial charge in [-0.25, -0.2) is 9.97 Å². The Balaban J connectivity index is 1.39. The van der Waals surface area contributed by atoms with E-state index < -0.39 is 0 Å². The summed E-state index contributed by atoms with van der Waals surface area (Å²) in [4.78, 5) is 27.0. The maximum absolute atomic E-state index is 12.6. The van der Waals surface area contributed by atoms with Crippen LogP contribution in [0.4, 0.5) is 11.5 Å². The molecule has 4 aromatic heterocycles. The standard InChI is InChI=1S/C23H25N7O2/c1-13-14(2)28-29-21(13)23(32)26-17-8-16-9-19(27-22(16)25-11-17)15-5-6-24-20(10-15)30-7-3-4-18(31)12-30/h5-6,8-11,18,31H,3-4,7,12H2,1-2H3,(H,25,27)(H,26,32)(H,28,29). The molecular formula is C23H25N7O2. The van der Waals surface area contributed by atoms with Gasteiger partial charge in [-0.1, -0.05) is 0 Å². The highest BCUT2D eigenvalue weighted by atomic mass is 16.3. The molecule has 1 aliphatic rings. The Kier molecular flexibility index (Phi) is 5.10. The first-order valence-electron chi connectivity index (χ1n) is 10.7. The summed E-state index contributed by atoms with van der Waals surface area (Å²) in [5.74, 6) is 0.580. The Labute approximate surface area is 184 Å². The molecule has 1 amide bonds. The number of rotatable bonds is 4. The molecule has 4 N–H and O–H groups in total. The zero-order chi connectivity index (χ0) is 22.2. The zero-order valence-corrected chi connectivity index (χ0v) is 18.0. The number of aromatic amines is 2. The molecule has 5 rings (SSSR count).